The third-order valence-corrected chi connectivity index (χ3v) is 5.02. The molecule has 3 rings (SSSR count). The van der Waals surface area contributed by atoms with Crippen LogP contribution in [0.4, 0.5) is 5.69 Å². The van der Waals surface area contributed by atoms with E-state index >= 15 is 0 Å². The van der Waals surface area contributed by atoms with Crippen LogP contribution in [0.3, 0.4) is 0 Å². The highest BCUT2D eigenvalue weighted by molar-refractivity contribution is 9.10. The first-order chi connectivity index (χ1) is 15.0. The van der Waals surface area contributed by atoms with Gasteiger partial charge in [-0.05, 0) is 29.7 Å². The van der Waals surface area contributed by atoms with Gasteiger partial charge in [-0.15, -0.1) is 0 Å². The fraction of sp³-hybridized carbons (Fsp3) is 0.348. The van der Waals surface area contributed by atoms with Gasteiger partial charge in [0.1, 0.15) is 11.6 Å². The number of halogens is 1. The lowest BCUT2D eigenvalue weighted by Crippen LogP contribution is -2.23. The summed E-state index contributed by atoms with van der Waals surface area (Å²) in [5.41, 5.74) is 0.468. The molecule has 1 heterocycles. The lowest BCUT2D eigenvalue weighted by molar-refractivity contribution is -0.384. The van der Waals surface area contributed by atoms with Crippen molar-refractivity contribution in [2.45, 2.75) is 40.5 Å². The Bertz CT molecular complexity index is 1260. The van der Waals surface area contributed by atoms with Crippen LogP contribution in [0.25, 0.3) is 10.9 Å². The highest BCUT2D eigenvalue weighted by Crippen LogP contribution is 2.25. The average molecular weight is 501 g/mol. The highest BCUT2D eigenvalue weighted by Gasteiger charge is 2.17. The molecule has 0 bridgehead atoms. The van der Waals surface area contributed by atoms with Crippen LogP contribution in [0, 0.1) is 15.5 Å². The van der Waals surface area contributed by atoms with Crippen molar-refractivity contribution in [2.75, 3.05) is 6.61 Å². The lowest BCUT2D eigenvalue weighted by Gasteiger charge is -2.19. The molecular formula is C23H25BrN4O4. The normalized spacial score (nSPS) is 12.1. The van der Waals surface area contributed by atoms with Gasteiger partial charge in [0.25, 0.3) is 11.2 Å². The molecule has 0 aliphatic rings. The van der Waals surface area contributed by atoms with Gasteiger partial charge >= 0.3 is 0 Å². The quantitative estimate of drug-likeness (QED) is 0.252. The summed E-state index contributed by atoms with van der Waals surface area (Å²) in [4.78, 5) is 28.6. The molecule has 9 heteroatoms. The monoisotopic (exact) mass is 500 g/mol. The van der Waals surface area contributed by atoms with E-state index in [0.717, 1.165) is 4.47 Å². The molecule has 0 aliphatic heterocycles. The van der Waals surface area contributed by atoms with Gasteiger partial charge in [-0.25, -0.2) is 4.98 Å². The number of nitrogens with zero attached hydrogens (tertiary/aromatic N) is 4. The molecule has 168 valence electrons. The molecule has 0 fully saturated rings. The zero-order chi connectivity index (χ0) is 23.6. The van der Waals surface area contributed by atoms with Crippen LogP contribution < -0.4 is 10.3 Å². The Labute approximate surface area is 194 Å². The number of hydrogen-bond acceptors (Lipinski definition) is 6. The number of non-ortho nitro benzene ring substituents is 1. The number of aromatic nitrogens is 2. The summed E-state index contributed by atoms with van der Waals surface area (Å²) in [5, 5.41) is 16.1. The Morgan fingerprint density at radius 2 is 1.97 bits per heavy atom. The van der Waals surface area contributed by atoms with Crippen molar-refractivity contribution >= 4 is 38.7 Å². The number of nitro groups is 1. The molecule has 32 heavy (non-hydrogen) atoms. The van der Waals surface area contributed by atoms with Gasteiger partial charge in [0, 0.05) is 28.1 Å². The number of benzene rings is 2. The molecule has 0 spiro atoms. The third kappa shape index (κ3) is 5.40. The van der Waals surface area contributed by atoms with E-state index in [2.05, 4.69) is 26.0 Å². The predicted molar refractivity (Wildman–Crippen MR) is 129 cm³/mol. The van der Waals surface area contributed by atoms with Gasteiger partial charge < -0.3 is 4.74 Å². The van der Waals surface area contributed by atoms with E-state index in [1.165, 1.54) is 23.0 Å². The van der Waals surface area contributed by atoms with Crippen molar-refractivity contribution in [3.63, 3.8) is 0 Å². The second-order valence-electron chi connectivity index (χ2n) is 8.98. The minimum Gasteiger partial charge on any atom is -0.492 e. The molecule has 0 N–H and O–H groups in total. The molecule has 0 saturated heterocycles. The third-order valence-electron chi connectivity index (χ3n) is 4.53. The van der Waals surface area contributed by atoms with Gasteiger partial charge in [0.15, 0.2) is 0 Å². The van der Waals surface area contributed by atoms with Crippen molar-refractivity contribution < 1.29 is 9.66 Å². The summed E-state index contributed by atoms with van der Waals surface area (Å²) in [6, 6.07) is 9.62. The van der Waals surface area contributed by atoms with E-state index in [9.17, 15) is 14.9 Å². The number of ether oxygens (including phenoxy) is 1. The van der Waals surface area contributed by atoms with Gasteiger partial charge in [-0.1, -0.05) is 50.5 Å². The maximum atomic E-state index is 13.2. The minimum atomic E-state index is -0.480. The standard InChI is InChI=1S/C23H25BrN4O4/c1-14(2)21-26-19-8-6-16(24)11-18(19)22(29)27(21)25-12-15-10-17(28(30)31)7-9-20(15)32-13-23(3,4)5/h6-12,14H,13H2,1-5H3. The molecule has 3 aromatic rings. The molecule has 0 radical (unpaired) electrons. The first kappa shape index (κ1) is 23.6. The molecule has 2 aromatic carbocycles. The molecule has 0 atom stereocenters. The Hall–Kier alpha value is -3.07. The number of fused-ring (bicyclic) bond motifs is 1. The highest BCUT2D eigenvalue weighted by atomic mass is 79.9. The van der Waals surface area contributed by atoms with E-state index in [4.69, 9.17) is 4.74 Å². The lowest BCUT2D eigenvalue weighted by atomic mass is 9.98. The summed E-state index contributed by atoms with van der Waals surface area (Å²) >= 11 is 3.38. The van der Waals surface area contributed by atoms with Crippen molar-refractivity contribution in [3.05, 3.63) is 72.7 Å². The second kappa shape index (κ2) is 9.20. The van der Waals surface area contributed by atoms with E-state index < -0.39 is 4.92 Å². The maximum absolute atomic E-state index is 13.2. The SMILES string of the molecule is CC(C)c1nc2ccc(Br)cc2c(=O)n1N=Cc1cc([N+](=O)[O-])ccc1OCC(C)(C)C. The van der Waals surface area contributed by atoms with Gasteiger partial charge in [-0.2, -0.15) is 9.78 Å². The fourth-order valence-electron chi connectivity index (χ4n) is 2.95. The van der Waals surface area contributed by atoms with E-state index in [-0.39, 0.29) is 22.6 Å². The van der Waals surface area contributed by atoms with Crippen molar-refractivity contribution in [1.29, 1.82) is 0 Å². The van der Waals surface area contributed by atoms with Crippen molar-refractivity contribution in [2.24, 2.45) is 10.5 Å². The van der Waals surface area contributed by atoms with E-state index in [1.54, 1.807) is 18.2 Å². The molecular weight excluding hydrogens is 476 g/mol. The summed E-state index contributed by atoms with van der Waals surface area (Å²) < 4.78 is 7.90. The first-order valence-electron chi connectivity index (χ1n) is 10.1. The topological polar surface area (TPSA) is 99.6 Å². The Morgan fingerprint density at radius 1 is 1.25 bits per heavy atom. The summed E-state index contributed by atoms with van der Waals surface area (Å²) in [6.07, 6.45) is 1.41. The number of rotatable bonds is 6. The Balaban J connectivity index is 2.14. The number of hydrogen-bond donors (Lipinski definition) is 0. The zero-order valence-corrected chi connectivity index (χ0v) is 20.2. The van der Waals surface area contributed by atoms with Crippen LogP contribution in [0.1, 0.15) is 51.9 Å². The first-order valence-corrected chi connectivity index (χ1v) is 10.9. The number of nitro benzene ring substituents is 1. The van der Waals surface area contributed by atoms with Crippen LogP contribution >= 0.6 is 15.9 Å². The summed E-state index contributed by atoms with van der Waals surface area (Å²) in [6.45, 7) is 10.3. The van der Waals surface area contributed by atoms with Crippen molar-refractivity contribution in [1.82, 2.24) is 9.66 Å². The Morgan fingerprint density at radius 3 is 2.59 bits per heavy atom. The molecule has 0 unspecified atom stereocenters. The smallest absolute Gasteiger partial charge is 0.282 e. The molecule has 0 saturated carbocycles. The molecule has 0 aliphatic carbocycles. The summed E-state index contributed by atoms with van der Waals surface area (Å²) in [5.74, 6) is 0.864. The van der Waals surface area contributed by atoms with Crippen LogP contribution in [-0.2, 0) is 0 Å². The fourth-order valence-corrected chi connectivity index (χ4v) is 3.31. The predicted octanol–water partition coefficient (Wildman–Crippen LogP) is 5.50. The van der Waals surface area contributed by atoms with E-state index in [0.29, 0.717) is 34.6 Å². The molecule has 0 amide bonds. The van der Waals surface area contributed by atoms with Gasteiger partial charge in [0.2, 0.25) is 0 Å². The van der Waals surface area contributed by atoms with Crippen LogP contribution in [0.15, 0.2) is 50.8 Å². The molecule has 1 aromatic heterocycles. The average Bonchev–Trinajstić information content (AvgIpc) is 2.71. The Kier molecular flexibility index (Phi) is 6.78. The maximum Gasteiger partial charge on any atom is 0.282 e. The van der Waals surface area contributed by atoms with Crippen LogP contribution in [-0.4, -0.2) is 27.4 Å². The van der Waals surface area contributed by atoms with Crippen molar-refractivity contribution in [3.8, 4) is 5.75 Å². The largest absolute Gasteiger partial charge is 0.492 e. The van der Waals surface area contributed by atoms with Crippen LogP contribution in [0.5, 0.6) is 5.75 Å². The minimum absolute atomic E-state index is 0.0744. The summed E-state index contributed by atoms with van der Waals surface area (Å²) in [7, 11) is 0. The van der Waals surface area contributed by atoms with Crippen LogP contribution in [0.2, 0.25) is 0 Å². The van der Waals surface area contributed by atoms with Gasteiger partial charge in [-0.3, -0.25) is 14.9 Å². The second-order valence-corrected chi connectivity index (χ2v) is 9.89. The zero-order valence-electron chi connectivity index (χ0n) is 18.6. The van der Waals surface area contributed by atoms with Gasteiger partial charge in [0.05, 0.1) is 28.6 Å². The molecule has 8 nitrogen and oxygen atoms in total. The van der Waals surface area contributed by atoms with E-state index in [1.807, 2.05) is 40.7 Å².